The molecule has 1 amide bonds. The third-order valence-corrected chi connectivity index (χ3v) is 3.86. The molecule has 0 radical (unpaired) electrons. The van der Waals surface area contributed by atoms with E-state index in [9.17, 15) is 9.90 Å². The highest BCUT2D eigenvalue weighted by Crippen LogP contribution is 2.34. The molecular formula is C15H19BrN2O5. The first kappa shape index (κ1) is 17.7. The zero-order chi connectivity index (χ0) is 16.9. The minimum absolute atomic E-state index is 0.00760. The molecule has 2 rings (SSSR count). The number of nitrogens with zero attached hydrogens (tertiary/aromatic N) is 1. The molecule has 1 aliphatic rings. The Kier molecular flexibility index (Phi) is 5.97. The second kappa shape index (κ2) is 7.76. The van der Waals surface area contributed by atoms with Crippen molar-refractivity contribution in [3.63, 3.8) is 0 Å². The van der Waals surface area contributed by atoms with Gasteiger partial charge >= 0.3 is 0 Å². The molecule has 8 heteroatoms. The SMILES string of the molecule is COc1cc(/C=N\NC(=O)CC2(C)OCCCO2)cc(Br)c1O. The Morgan fingerprint density at radius 3 is 2.87 bits per heavy atom. The van der Waals surface area contributed by atoms with Crippen molar-refractivity contribution < 1.29 is 24.1 Å². The molecule has 0 bridgehead atoms. The number of hydrogen-bond acceptors (Lipinski definition) is 6. The van der Waals surface area contributed by atoms with Crippen LogP contribution in [0.15, 0.2) is 21.7 Å². The van der Waals surface area contributed by atoms with Crippen molar-refractivity contribution >= 4 is 28.1 Å². The molecule has 0 unspecified atom stereocenters. The highest BCUT2D eigenvalue weighted by Gasteiger charge is 2.31. The van der Waals surface area contributed by atoms with Crippen LogP contribution in [-0.4, -0.2) is 43.3 Å². The van der Waals surface area contributed by atoms with Crippen molar-refractivity contribution in [2.75, 3.05) is 20.3 Å². The van der Waals surface area contributed by atoms with E-state index in [0.717, 1.165) is 6.42 Å². The van der Waals surface area contributed by atoms with Crippen LogP contribution in [0, 0.1) is 0 Å². The summed E-state index contributed by atoms with van der Waals surface area (Å²) >= 11 is 3.22. The van der Waals surface area contributed by atoms with Gasteiger partial charge in [-0.15, -0.1) is 0 Å². The molecule has 7 nitrogen and oxygen atoms in total. The lowest BCUT2D eigenvalue weighted by molar-refractivity contribution is -0.256. The fourth-order valence-corrected chi connectivity index (χ4v) is 2.57. The van der Waals surface area contributed by atoms with Crippen LogP contribution in [0.25, 0.3) is 0 Å². The van der Waals surface area contributed by atoms with Gasteiger partial charge in [-0.05, 0) is 47.0 Å². The number of hydrogen-bond donors (Lipinski definition) is 2. The predicted molar refractivity (Wildman–Crippen MR) is 87.6 cm³/mol. The zero-order valence-corrected chi connectivity index (χ0v) is 14.6. The molecule has 0 spiro atoms. The molecule has 1 aromatic rings. The van der Waals surface area contributed by atoms with Crippen molar-refractivity contribution in [1.82, 2.24) is 5.43 Å². The van der Waals surface area contributed by atoms with Crippen LogP contribution in [-0.2, 0) is 14.3 Å². The summed E-state index contributed by atoms with van der Waals surface area (Å²) in [4.78, 5) is 11.9. The molecule has 126 valence electrons. The summed E-state index contributed by atoms with van der Waals surface area (Å²) < 4.78 is 16.5. The van der Waals surface area contributed by atoms with E-state index in [0.29, 0.717) is 29.0 Å². The fourth-order valence-electron chi connectivity index (χ4n) is 2.11. The number of carbonyl (C=O) groups excluding carboxylic acids is 1. The van der Waals surface area contributed by atoms with Crippen LogP contribution < -0.4 is 10.2 Å². The lowest BCUT2D eigenvalue weighted by Crippen LogP contribution is -2.41. The third-order valence-electron chi connectivity index (χ3n) is 3.26. The summed E-state index contributed by atoms with van der Waals surface area (Å²) in [5, 5.41) is 13.6. The van der Waals surface area contributed by atoms with Gasteiger partial charge in [0.05, 0.1) is 37.4 Å². The second-order valence-electron chi connectivity index (χ2n) is 5.21. The van der Waals surface area contributed by atoms with Crippen LogP contribution >= 0.6 is 15.9 Å². The summed E-state index contributed by atoms with van der Waals surface area (Å²) in [6, 6.07) is 3.26. The first-order valence-electron chi connectivity index (χ1n) is 7.10. The van der Waals surface area contributed by atoms with Crippen molar-refractivity contribution in [2.24, 2.45) is 5.10 Å². The molecule has 1 aliphatic heterocycles. The van der Waals surface area contributed by atoms with Gasteiger partial charge in [0.15, 0.2) is 17.3 Å². The first-order chi connectivity index (χ1) is 10.9. The van der Waals surface area contributed by atoms with E-state index in [-0.39, 0.29) is 18.1 Å². The van der Waals surface area contributed by atoms with E-state index in [1.165, 1.54) is 13.3 Å². The van der Waals surface area contributed by atoms with E-state index in [4.69, 9.17) is 14.2 Å². The van der Waals surface area contributed by atoms with Gasteiger partial charge in [-0.3, -0.25) is 4.79 Å². The van der Waals surface area contributed by atoms with E-state index in [1.807, 2.05) is 0 Å². The molecule has 2 N–H and O–H groups in total. The van der Waals surface area contributed by atoms with E-state index < -0.39 is 5.79 Å². The molecule has 0 aromatic heterocycles. The van der Waals surface area contributed by atoms with Crippen LogP contribution in [0.1, 0.15) is 25.3 Å². The summed E-state index contributed by atoms with van der Waals surface area (Å²) in [6.07, 6.45) is 2.34. The largest absolute Gasteiger partial charge is 0.503 e. The number of phenolic OH excluding ortho intramolecular Hbond substituents is 1. The van der Waals surface area contributed by atoms with Gasteiger partial charge in [-0.25, -0.2) is 5.43 Å². The average molecular weight is 387 g/mol. The second-order valence-corrected chi connectivity index (χ2v) is 6.06. The van der Waals surface area contributed by atoms with E-state index in [1.54, 1.807) is 19.1 Å². The smallest absolute Gasteiger partial charge is 0.245 e. The predicted octanol–water partition coefficient (Wildman–Crippen LogP) is 2.16. The number of methoxy groups -OCH3 is 1. The van der Waals surface area contributed by atoms with Gasteiger partial charge in [0.25, 0.3) is 0 Å². The number of benzene rings is 1. The molecule has 1 aromatic carbocycles. The molecule has 23 heavy (non-hydrogen) atoms. The lowest BCUT2D eigenvalue weighted by atomic mass is 10.2. The maximum absolute atomic E-state index is 11.9. The minimum atomic E-state index is -0.900. The monoisotopic (exact) mass is 386 g/mol. The van der Waals surface area contributed by atoms with Gasteiger partial charge in [0.2, 0.25) is 5.91 Å². The standard InChI is InChI=1S/C15H19BrN2O5/c1-15(22-4-3-5-23-15)8-13(19)18-17-9-10-6-11(16)14(20)12(7-10)21-2/h6-7,9,20H,3-5,8H2,1-2H3,(H,18,19)/b17-9-. The molecule has 1 heterocycles. The highest BCUT2D eigenvalue weighted by molar-refractivity contribution is 9.10. The van der Waals surface area contributed by atoms with E-state index >= 15 is 0 Å². The summed E-state index contributed by atoms with van der Waals surface area (Å²) in [7, 11) is 1.45. The van der Waals surface area contributed by atoms with Crippen LogP contribution in [0.4, 0.5) is 0 Å². The third kappa shape index (κ3) is 4.92. The number of phenols is 1. The molecule has 1 fully saturated rings. The Labute approximate surface area is 142 Å². The van der Waals surface area contributed by atoms with Crippen molar-refractivity contribution in [3.05, 3.63) is 22.2 Å². The molecule has 1 saturated heterocycles. The number of ether oxygens (including phenoxy) is 3. The number of halogens is 1. The van der Waals surface area contributed by atoms with Crippen molar-refractivity contribution in [1.29, 1.82) is 0 Å². The summed E-state index contributed by atoms with van der Waals surface area (Å²) in [5.74, 6) is -0.893. The number of amides is 1. The normalized spacial score (nSPS) is 17.2. The Balaban J connectivity index is 1.93. The number of carbonyl (C=O) groups is 1. The zero-order valence-electron chi connectivity index (χ0n) is 13.0. The molecule has 0 saturated carbocycles. The van der Waals surface area contributed by atoms with Crippen LogP contribution in [0.3, 0.4) is 0 Å². The maximum Gasteiger partial charge on any atom is 0.245 e. The first-order valence-corrected chi connectivity index (χ1v) is 7.89. The molecule has 0 atom stereocenters. The van der Waals surface area contributed by atoms with E-state index in [2.05, 4.69) is 26.5 Å². The van der Waals surface area contributed by atoms with Gasteiger partial charge in [-0.1, -0.05) is 0 Å². The van der Waals surface area contributed by atoms with Gasteiger partial charge in [-0.2, -0.15) is 5.10 Å². The summed E-state index contributed by atoms with van der Waals surface area (Å²) in [5.41, 5.74) is 3.08. The molecule has 0 aliphatic carbocycles. The Morgan fingerprint density at radius 2 is 2.22 bits per heavy atom. The minimum Gasteiger partial charge on any atom is -0.503 e. The Hall–Kier alpha value is -1.64. The van der Waals surface area contributed by atoms with Gasteiger partial charge in [0, 0.05) is 0 Å². The fraction of sp³-hybridized carbons (Fsp3) is 0.467. The quantitative estimate of drug-likeness (QED) is 0.597. The highest BCUT2D eigenvalue weighted by atomic mass is 79.9. The van der Waals surface area contributed by atoms with Gasteiger partial charge in [0.1, 0.15) is 0 Å². The lowest BCUT2D eigenvalue weighted by Gasteiger charge is -2.33. The average Bonchev–Trinajstić information content (AvgIpc) is 2.50. The van der Waals surface area contributed by atoms with Crippen molar-refractivity contribution in [3.8, 4) is 11.5 Å². The van der Waals surface area contributed by atoms with Gasteiger partial charge < -0.3 is 19.3 Å². The van der Waals surface area contributed by atoms with Crippen molar-refractivity contribution in [2.45, 2.75) is 25.6 Å². The number of nitrogens with one attached hydrogen (secondary N) is 1. The number of hydrazone groups is 1. The number of aromatic hydroxyl groups is 1. The Morgan fingerprint density at radius 1 is 1.52 bits per heavy atom. The molecular weight excluding hydrogens is 368 g/mol. The summed E-state index contributed by atoms with van der Waals surface area (Å²) in [6.45, 7) is 2.89. The topological polar surface area (TPSA) is 89.4 Å². The van der Waals surface area contributed by atoms with Crippen LogP contribution in [0.5, 0.6) is 11.5 Å². The number of rotatable bonds is 5. The Bertz CT molecular complexity index is 600. The van der Waals surface area contributed by atoms with Crippen LogP contribution in [0.2, 0.25) is 0 Å². The maximum atomic E-state index is 11.9.